The van der Waals surface area contributed by atoms with Crippen molar-refractivity contribution in [3.63, 3.8) is 0 Å². The highest BCUT2D eigenvalue weighted by atomic mass is 32.1. The van der Waals surface area contributed by atoms with E-state index in [9.17, 15) is 14.4 Å². The smallest absolute Gasteiger partial charge is 0.325 e. The maximum absolute atomic E-state index is 13.0. The largest absolute Gasteiger partial charge is 0.325 e. The van der Waals surface area contributed by atoms with Crippen molar-refractivity contribution in [1.82, 2.24) is 10.2 Å². The van der Waals surface area contributed by atoms with Gasteiger partial charge in [-0.25, -0.2) is 4.79 Å². The van der Waals surface area contributed by atoms with Crippen molar-refractivity contribution < 1.29 is 14.4 Å². The minimum absolute atomic E-state index is 0.291. The van der Waals surface area contributed by atoms with E-state index in [2.05, 4.69) is 10.6 Å². The number of hydrogen-bond acceptors (Lipinski definition) is 4. The molecule has 128 valence electrons. The van der Waals surface area contributed by atoms with E-state index in [0.29, 0.717) is 12.1 Å². The summed E-state index contributed by atoms with van der Waals surface area (Å²) in [5, 5.41) is 7.50. The second-order valence-electron chi connectivity index (χ2n) is 6.25. The number of hydrogen-bond donors (Lipinski definition) is 2. The summed E-state index contributed by atoms with van der Waals surface area (Å²) in [6, 6.07) is 10.4. The average molecular weight is 355 g/mol. The van der Waals surface area contributed by atoms with Crippen molar-refractivity contribution >= 4 is 34.9 Å². The zero-order chi connectivity index (χ0) is 17.4. The van der Waals surface area contributed by atoms with Crippen molar-refractivity contribution in [2.45, 2.75) is 24.8 Å². The van der Waals surface area contributed by atoms with E-state index >= 15 is 0 Å². The quantitative estimate of drug-likeness (QED) is 0.830. The molecule has 1 unspecified atom stereocenters. The third kappa shape index (κ3) is 2.60. The number of aryl methyl sites for hydroxylation is 1. The van der Waals surface area contributed by atoms with Gasteiger partial charge in [-0.1, -0.05) is 18.2 Å². The molecule has 0 radical (unpaired) electrons. The van der Waals surface area contributed by atoms with Crippen LogP contribution >= 0.6 is 11.3 Å². The Balaban J connectivity index is 1.54. The first kappa shape index (κ1) is 15.8. The highest BCUT2D eigenvalue weighted by Gasteiger charge is 2.54. The summed E-state index contributed by atoms with van der Waals surface area (Å²) < 4.78 is 0. The predicted molar refractivity (Wildman–Crippen MR) is 94.3 cm³/mol. The van der Waals surface area contributed by atoms with Crippen LogP contribution in [0.4, 0.5) is 10.5 Å². The second-order valence-corrected chi connectivity index (χ2v) is 7.25. The number of rotatable bonds is 3. The monoisotopic (exact) mass is 355 g/mol. The van der Waals surface area contributed by atoms with E-state index in [1.165, 1.54) is 0 Å². The van der Waals surface area contributed by atoms with Gasteiger partial charge in [0.1, 0.15) is 12.1 Å². The molecule has 1 spiro atoms. The summed E-state index contributed by atoms with van der Waals surface area (Å²) in [5.74, 6) is -0.729. The average Bonchev–Trinajstić information content (AvgIpc) is 3.17. The highest BCUT2D eigenvalue weighted by Crippen LogP contribution is 2.41. The molecule has 1 aromatic heterocycles. The van der Waals surface area contributed by atoms with Crippen LogP contribution in [0, 0.1) is 0 Å². The van der Waals surface area contributed by atoms with E-state index < -0.39 is 17.5 Å². The summed E-state index contributed by atoms with van der Waals surface area (Å²) in [6.45, 7) is -0.291. The van der Waals surface area contributed by atoms with Gasteiger partial charge in [-0.05, 0) is 42.8 Å². The summed E-state index contributed by atoms with van der Waals surface area (Å²) in [5.41, 5.74) is 0.512. The Bertz CT molecular complexity index is 848. The minimum Gasteiger partial charge on any atom is -0.325 e. The van der Waals surface area contributed by atoms with Crippen molar-refractivity contribution in [3.05, 3.63) is 52.2 Å². The van der Waals surface area contributed by atoms with Gasteiger partial charge < -0.3 is 10.6 Å². The Morgan fingerprint density at radius 2 is 2.04 bits per heavy atom. The van der Waals surface area contributed by atoms with Gasteiger partial charge in [0.2, 0.25) is 5.91 Å². The first-order chi connectivity index (χ1) is 12.1. The zero-order valence-corrected chi connectivity index (χ0v) is 14.3. The number of nitrogens with one attached hydrogen (secondary N) is 2. The molecule has 25 heavy (non-hydrogen) atoms. The number of fused-ring (bicyclic) bond motifs is 2. The lowest BCUT2D eigenvalue weighted by Gasteiger charge is -2.31. The number of urea groups is 1. The Labute approximate surface area is 148 Å². The van der Waals surface area contributed by atoms with E-state index in [1.54, 1.807) is 35.6 Å². The molecular formula is C18H17N3O3S. The van der Waals surface area contributed by atoms with Crippen LogP contribution in [0.1, 0.15) is 23.3 Å². The number of nitrogens with zero attached hydrogens (tertiary/aromatic N) is 1. The number of thiophene rings is 1. The summed E-state index contributed by atoms with van der Waals surface area (Å²) >= 11 is 1.61. The normalized spacial score (nSPS) is 22.0. The number of para-hydroxylation sites is 1. The molecule has 1 saturated heterocycles. The maximum atomic E-state index is 13.0. The molecule has 2 aromatic rings. The van der Waals surface area contributed by atoms with E-state index in [-0.39, 0.29) is 12.5 Å². The molecule has 1 fully saturated rings. The van der Waals surface area contributed by atoms with Gasteiger partial charge in [0.15, 0.2) is 0 Å². The number of carbonyl (C=O) groups is 3. The van der Waals surface area contributed by atoms with Gasteiger partial charge in [0.05, 0.1) is 0 Å². The van der Waals surface area contributed by atoms with Crippen LogP contribution in [0.2, 0.25) is 0 Å². The zero-order valence-electron chi connectivity index (χ0n) is 13.5. The molecule has 2 N–H and O–H groups in total. The molecule has 1 aliphatic heterocycles. The van der Waals surface area contributed by atoms with Gasteiger partial charge in [-0.3, -0.25) is 14.5 Å². The van der Waals surface area contributed by atoms with Crippen LogP contribution in [-0.4, -0.2) is 29.3 Å². The molecule has 2 heterocycles. The third-order valence-electron chi connectivity index (χ3n) is 4.70. The molecule has 1 aliphatic carbocycles. The lowest BCUT2D eigenvalue weighted by molar-refractivity contribution is -0.134. The van der Waals surface area contributed by atoms with Crippen molar-refractivity contribution in [2.24, 2.45) is 0 Å². The van der Waals surface area contributed by atoms with Gasteiger partial charge >= 0.3 is 6.03 Å². The predicted octanol–water partition coefficient (Wildman–Crippen LogP) is 2.47. The molecule has 4 amide bonds. The standard InChI is InChI=1S/C18H17N3O3S/c22-15(19-12-5-2-1-3-6-12)11-21-16(23)18(20-17(21)24)9-4-7-14-13(18)8-10-25-14/h1-3,5-6,8,10H,4,7,9,11H2,(H,19,22)(H,20,24). The second kappa shape index (κ2) is 6.00. The Hall–Kier alpha value is -2.67. The number of carbonyl (C=O) groups excluding carboxylic acids is 3. The molecule has 4 rings (SSSR count). The lowest BCUT2D eigenvalue weighted by atomic mass is 9.80. The van der Waals surface area contributed by atoms with Crippen LogP contribution in [0.3, 0.4) is 0 Å². The summed E-state index contributed by atoms with van der Waals surface area (Å²) in [7, 11) is 0. The molecule has 2 aliphatic rings. The lowest BCUT2D eigenvalue weighted by Crippen LogP contribution is -2.46. The highest BCUT2D eigenvalue weighted by molar-refractivity contribution is 7.10. The number of anilines is 1. The van der Waals surface area contributed by atoms with Crippen LogP contribution in [-0.2, 0) is 21.5 Å². The fourth-order valence-corrected chi connectivity index (χ4v) is 4.55. The van der Waals surface area contributed by atoms with Crippen molar-refractivity contribution in [3.8, 4) is 0 Å². The Morgan fingerprint density at radius 1 is 1.24 bits per heavy atom. The summed E-state index contributed by atoms with van der Waals surface area (Å²) in [6.07, 6.45) is 2.33. The first-order valence-electron chi connectivity index (χ1n) is 8.16. The van der Waals surface area contributed by atoms with Crippen LogP contribution < -0.4 is 10.6 Å². The molecule has 6 nitrogen and oxygen atoms in total. The fourth-order valence-electron chi connectivity index (χ4n) is 3.55. The van der Waals surface area contributed by atoms with E-state index in [1.807, 2.05) is 17.5 Å². The first-order valence-corrected chi connectivity index (χ1v) is 9.04. The van der Waals surface area contributed by atoms with Crippen LogP contribution in [0.15, 0.2) is 41.8 Å². The van der Waals surface area contributed by atoms with Crippen molar-refractivity contribution in [1.29, 1.82) is 0 Å². The van der Waals surface area contributed by atoms with Crippen LogP contribution in [0.25, 0.3) is 0 Å². The van der Waals surface area contributed by atoms with Gasteiger partial charge in [-0.2, -0.15) is 0 Å². The SMILES string of the molecule is O=C(CN1C(=O)NC2(CCCc3sccc32)C1=O)Nc1ccccc1. The topological polar surface area (TPSA) is 78.5 Å². The van der Waals surface area contributed by atoms with E-state index in [4.69, 9.17) is 0 Å². The fraction of sp³-hybridized carbons (Fsp3) is 0.278. The molecule has 1 aromatic carbocycles. The third-order valence-corrected chi connectivity index (χ3v) is 5.68. The number of benzene rings is 1. The van der Waals surface area contributed by atoms with Gasteiger partial charge in [0.25, 0.3) is 5.91 Å². The molecule has 0 saturated carbocycles. The number of amides is 4. The molecular weight excluding hydrogens is 338 g/mol. The minimum atomic E-state index is -1.00. The van der Waals surface area contributed by atoms with Crippen molar-refractivity contribution in [2.75, 3.05) is 11.9 Å². The van der Waals surface area contributed by atoms with Crippen LogP contribution in [0.5, 0.6) is 0 Å². The Morgan fingerprint density at radius 3 is 2.84 bits per heavy atom. The maximum Gasteiger partial charge on any atom is 0.325 e. The molecule has 1 atom stereocenters. The Kier molecular flexibility index (Phi) is 3.80. The van der Waals surface area contributed by atoms with Gasteiger partial charge in [0, 0.05) is 16.1 Å². The van der Waals surface area contributed by atoms with E-state index in [0.717, 1.165) is 28.2 Å². The molecule has 7 heteroatoms. The number of imide groups is 1. The summed E-state index contributed by atoms with van der Waals surface area (Å²) in [4.78, 5) is 39.8. The molecule has 0 bridgehead atoms. The van der Waals surface area contributed by atoms with Gasteiger partial charge in [-0.15, -0.1) is 11.3 Å².